The summed E-state index contributed by atoms with van der Waals surface area (Å²) in [6.45, 7) is 2.01. The van der Waals surface area contributed by atoms with Crippen LogP contribution in [0.4, 0.5) is 0 Å². The van der Waals surface area contributed by atoms with E-state index in [0.29, 0.717) is 26.4 Å². The van der Waals surface area contributed by atoms with Crippen molar-refractivity contribution >= 4 is 17.2 Å². The molecule has 1 fully saturated rings. The van der Waals surface area contributed by atoms with E-state index < -0.39 is 0 Å². The Balaban J connectivity index is 1.83. The lowest BCUT2D eigenvalue weighted by atomic mass is 10.1. The smallest absolute Gasteiger partial charge is 0.234 e. The van der Waals surface area contributed by atoms with Gasteiger partial charge < -0.3 is 19.7 Å². The van der Waals surface area contributed by atoms with Crippen LogP contribution < -0.4 is 5.32 Å². The number of ether oxygens (including phenoxy) is 2. The van der Waals surface area contributed by atoms with Crippen LogP contribution in [0.2, 0.25) is 0 Å². The van der Waals surface area contributed by atoms with E-state index in [1.165, 1.54) is 0 Å². The molecule has 1 amide bonds. The largest absolute Gasteiger partial charge is 0.379 e. The van der Waals surface area contributed by atoms with Crippen molar-refractivity contribution in [3.8, 4) is 0 Å². The van der Waals surface area contributed by atoms with E-state index in [2.05, 4.69) is 10.3 Å². The van der Waals surface area contributed by atoms with Crippen LogP contribution in [0.15, 0.2) is 10.9 Å². The molecule has 1 aromatic heterocycles. The second-order valence-corrected chi connectivity index (χ2v) is 5.82. The van der Waals surface area contributed by atoms with Gasteiger partial charge in [0.15, 0.2) is 0 Å². The highest BCUT2D eigenvalue weighted by Gasteiger charge is 2.28. The molecule has 0 bridgehead atoms. The molecular formula is C13H21N3O3S. The van der Waals surface area contributed by atoms with Crippen LogP contribution >= 0.6 is 11.3 Å². The third kappa shape index (κ3) is 4.82. The Morgan fingerprint density at radius 2 is 2.50 bits per heavy atom. The molecule has 0 spiro atoms. The van der Waals surface area contributed by atoms with Crippen molar-refractivity contribution in [3.05, 3.63) is 16.6 Å². The lowest BCUT2D eigenvalue weighted by Crippen LogP contribution is -2.51. The van der Waals surface area contributed by atoms with Gasteiger partial charge in [0.05, 0.1) is 37.0 Å². The van der Waals surface area contributed by atoms with E-state index >= 15 is 0 Å². The molecule has 1 saturated heterocycles. The summed E-state index contributed by atoms with van der Waals surface area (Å²) >= 11 is 1.55. The number of likely N-dealkylation sites (N-methyl/N-ethyl adjacent to an activating group) is 1. The minimum absolute atomic E-state index is 0.00911. The molecular weight excluding hydrogens is 278 g/mol. The lowest BCUT2D eigenvalue weighted by Gasteiger charge is -2.32. The number of nitrogens with one attached hydrogen (secondary N) is 1. The van der Waals surface area contributed by atoms with Crippen LogP contribution in [-0.4, -0.2) is 61.8 Å². The van der Waals surface area contributed by atoms with Crippen molar-refractivity contribution in [1.82, 2.24) is 15.2 Å². The quantitative estimate of drug-likeness (QED) is 0.828. The zero-order valence-corrected chi connectivity index (χ0v) is 12.7. The van der Waals surface area contributed by atoms with Gasteiger partial charge in [-0.3, -0.25) is 4.79 Å². The Bertz CT molecular complexity index is 411. The van der Waals surface area contributed by atoms with E-state index in [9.17, 15) is 4.79 Å². The van der Waals surface area contributed by atoms with Gasteiger partial charge in [-0.15, -0.1) is 11.3 Å². The molecule has 6 nitrogen and oxygen atoms in total. The first kappa shape index (κ1) is 15.4. The van der Waals surface area contributed by atoms with Gasteiger partial charge in [0.1, 0.15) is 6.10 Å². The van der Waals surface area contributed by atoms with Crippen LogP contribution in [-0.2, 0) is 20.9 Å². The number of hydrogen-bond acceptors (Lipinski definition) is 6. The molecule has 7 heteroatoms. The van der Waals surface area contributed by atoms with E-state index in [0.717, 1.165) is 12.1 Å². The van der Waals surface area contributed by atoms with Crippen LogP contribution in [0.25, 0.3) is 0 Å². The van der Waals surface area contributed by atoms with Crippen molar-refractivity contribution in [2.24, 2.45) is 0 Å². The number of nitrogens with zero attached hydrogens (tertiary/aromatic N) is 2. The third-order valence-corrected chi connectivity index (χ3v) is 3.67. The second-order valence-electron chi connectivity index (χ2n) is 5.10. The predicted octanol–water partition coefficient (Wildman–Crippen LogP) is 0.495. The molecule has 20 heavy (non-hydrogen) atoms. The Morgan fingerprint density at radius 3 is 3.20 bits per heavy atom. The van der Waals surface area contributed by atoms with E-state index in [1.54, 1.807) is 16.8 Å². The van der Waals surface area contributed by atoms with Crippen molar-refractivity contribution < 1.29 is 14.3 Å². The maximum Gasteiger partial charge on any atom is 0.234 e. The molecule has 1 N–H and O–H groups in total. The van der Waals surface area contributed by atoms with Gasteiger partial charge in [0, 0.05) is 12.0 Å². The molecule has 0 radical (unpaired) electrons. The molecule has 2 heterocycles. The summed E-state index contributed by atoms with van der Waals surface area (Å²) in [4.78, 5) is 17.9. The van der Waals surface area contributed by atoms with E-state index in [-0.39, 0.29) is 18.1 Å². The first-order valence-electron chi connectivity index (χ1n) is 6.65. The van der Waals surface area contributed by atoms with Gasteiger partial charge in [0.2, 0.25) is 5.91 Å². The van der Waals surface area contributed by atoms with Crippen molar-refractivity contribution in [1.29, 1.82) is 0 Å². The molecule has 2 rings (SSSR count). The summed E-state index contributed by atoms with van der Waals surface area (Å²) in [6.07, 6.45) is 0.664. The van der Waals surface area contributed by atoms with Crippen molar-refractivity contribution in [2.75, 3.05) is 33.9 Å². The average molecular weight is 299 g/mol. The number of amides is 1. The van der Waals surface area contributed by atoms with Crippen LogP contribution in [0.1, 0.15) is 12.1 Å². The fraction of sp³-hybridized carbons (Fsp3) is 0.692. The van der Waals surface area contributed by atoms with Gasteiger partial charge >= 0.3 is 0 Å². The van der Waals surface area contributed by atoms with Gasteiger partial charge in [-0.2, -0.15) is 0 Å². The summed E-state index contributed by atoms with van der Waals surface area (Å²) in [7, 11) is 3.75. The molecule has 0 aliphatic carbocycles. The van der Waals surface area contributed by atoms with Crippen LogP contribution in [0.5, 0.6) is 0 Å². The zero-order chi connectivity index (χ0) is 14.4. The SMILES string of the molecule is CN(C)CC(=O)N[C@@H]1CCOC[C@H]1OCc1cscn1. The summed E-state index contributed by atoms with van der Waals surface area (Å²) in [5.74, 6) is 0.0177. The molecule has 0 unspecified atom stereocenters. The number of thiazole rings is 1. The van der Waals surface area contributed by atoms with Crippen molar-refractivity contribution in [3.63, 3.8) is 0 Å². The fourth-order valence-electron chi connectivity index (χ4n) is 2.08. The highest BCUT2D eigenvalue weighted by atomic mass is 32.1. The topological polar surface area (TPSA) is 63.7 Å². The molecule has 0 aromatic carbocycles. The summed E-state index contributed by atoms with van der Waals surface area (Å²) in [5, 5.41) is 4.99. The van der Waals surface area contributed by atoms with E-state index in [4.69, 9.17) is 9.47 Å². The van der Waals surface area contributed by atoms with E-state index in [1.807, 2.05) is 24.4 Å². The number of hydrogen-bond donors (Lipinski definition) is 1. The maximum atomic E-state index is 11.8. The molecule has 1 aliphatic rings. The Morgan fingerprint density at radius 1 is 1.65 bits per heavy atom. The second kappa shape index (κ2) is 7.68. The Hall–Kier alpha value is -1.02. The zero-order valence-electron chi connectivity index (χ0n) is 11.9. The number of carbonyl (C=O) groups excluding carboxylic acids is 1. The highest BCUT2D eigenvalue weighted by Crippen LogP contribution is 2.14. The van der Waals surface area contributed by atoms with Crippen LogP contribution in [0.3, 0.4) is 0 Å². The first-order chi connectivity index (χ1) is 9.65. The molecule has 112 valence electrons. The average Bonchev–Trinajstić information content (AvgIpc) is 2.90. The predicted molar refractivity (Wildman–Crippen MR) is 76.6 cm³/mol. The normalized spacial score (nSPS) is 22.9. The monoisotopic (exact) mass is 299 g/mol. The minimum atomic E-state index is -0.114. The lowest BCUT2D eigenvalue weighted by molar-refractivity contribution is -0.127. The summed E-state index contributed by atoms with van der Waals surface area (Å²) in [5.41, 5.74) is 2.70. The molecule has 1 aromatic rings. The maximum absolute atomic E-state index is 11.8. The minimum Gasteiger partial charge on any atom is -0.379 e. The van der Waals surface area contributed by atoms with Gasteiger partial charge in [-0.1, -0.05) is 0 Å². The van der Waals surface area contributed by atoms with Gasteiger partial charge in [-0.05, 0) is 20.5 Å². The molecule has 1 aliphatic heterocycles. The van der Waals surface area contributed by atoms with Crippen molar-refractivity contribution in [2.45, 2.75) is 25.2 Å². The van der Waals surface area contributed by atoms with Gasteiger partial charge in [0.25, 0.3) is 0 Å². The summed E-state index contributed by atoms with van der Waals surface area (Å²) in [6, 6.07) is 0.00911. The summed E-state index contributed by atoms with van der Waals surface area (Å²) < 4.78 is 11.3. The Labute approximate surface area is 123 Å². The number of carbonyl (C=O) groups is 1. The fourth-order valence-corrected chi connectivity index (χ4v) is 2.63. The van der Waals surface area contributed by atoms with Gasteiger partial charge in [-0.25, -0.2) is 4.98 Å². The highest BCUT2D eigenvalue weighted by molar-refractivity contribution is 7.07. The Kier molecular flexibility index (Phi) is 5.90. The first-order valence-corrected chi connectivity index (χ1v) is 7.60. The number of rotatable bonds is 6. The van der Waals surface area contributed by atoms with Crippen LogP contribution in [0, 0.1) is 0 Å². The number of aromatic nitrogens is 1. The molecule has 2 atom stereocenters. The molecule has 0 saturated carbocycles. The standard InChI is InChI=1S/C13H21N3O3S/c1-16(2)5-13(17)15-11-3-4-18-7-12(11)19-6-10-8-20-9-14-10/h8-9,11-12H,3-7H2,1-2H3,(H,15,17)/t11-,12-/m1/s1. The third-order valence-electron chi connectivity index (χ3n) is 3.04.